The van der Waals surface area contributed by atoms with E-state index in [1.807, 2.05) is 6.92 Å². The van der Waals surface area contributed by atoms with Crippen LogP contribution in [0.3, 0.4) is 0 Å². The molecule has 4 rings (SSSR count). The molecule has 0 aliphatic rings. The Balaban J connectivity index is 1.49. The second-order valence-corrected chi connectivity index (χ2v) is 8.18. The van der Waals surface area contributed by atoms with E-state index in [-0.39, 0.29) is 35.1 Å². The minimum atomic E-state index is -0.890. The number of aromatic nitrogens is 6. The average Bonchev–Trinajstić information content (AvgIpc) is 3.40. The highest BCUT2D eigenvalue weighted by Crippen LogP contribution is 2.14. The summed E-state index contributed by atoms with van der Waals surface area (Å²) in [5.41, 5.74) is 0.534. The summed E-state index contributed by atoms with van der Waals surface area (Å²) in [5.74, 6) is -1.76. The summed E-state index contributed by atoms with van der Waals surface area (Å²) in [6.07, 6.45) is 5.92. The first-order valence-corrected chi connectivity index (χ1v) is 11.1. The van der Waals surface area contributed by atoms with Crippen LogP contribution in [-0.4, -0.2) is 28.7 Å². The molecule has 1 N–H and O–H groups in total. The number of H-pyrrole nitrogens is 1. The standard InChI is InChI=1S/C22H23ClF2N6O2/c1-2-3-9-30-19-18(27-21(23)28-19)20(32)31(22(30)33)10-5-7-15-12-29(13-26-15)11-14-6-4-8-16(24)17(14)25/h4,6,8,12-13H,2-3,5,7,9-11H2,1H3,(H,27,28). The summed E-state index contributed by atoms with van der Waals surface area (Å²) >= 11 is 5.94. The molecule has 0 aliphatic heterocycles. The van der Waals surface area contributed by atoms with Gasteiger partial charge in [0.05, 0.1) is 18.6 Å². The lowest BCUT2D eigenvalue weighted by molar-refractivity contribution is 0.495. The minimum Gasteiger partial charge on any atom is -0.333 e. The fourth-order valence-corrected chi connectivity index (χ4v) is 3.94. The van der Waals surface area contributed by atoms with Crippen LogP contribution in [0.25, 0.3) is 11.2 Å². The number of halogens is 3. The Labute approximate surface area is 192 Å². The SMILES string of the molecule is CCCCn1c(=O)n(CCCc2cn(Cc3cccc(F)c3F)cn2)c(=O)c2[nH]c(Cl)nc21. The van der Waals surface area contributed by atoms with E-state index in [1.165, 1.54) is 21.3 Å². The third-order valence-electron chi connectivity index (χ3n) is 5.45. The largest absolute Gasteiger partial charge is 0.333 e. The van der Waals surface area contributed by atoms with Gasteiger partial charge in [-0.2, -0.15) is 4.98 Å². The van der Waals surface area contributed by atoms with Gasteiger partial charge in [0.15, 0.2) is 22.8 Å². The number of aromatic amines is 1. The van der Waals surface area contributed by atoms with Gasteiger partial charge in [-0.3, -0.25) is 13.9 Å². The van der Waals surface area contributed by atoms with Crippen LogP contribution in [0.4, 0.5) is 8.78 Å². The third kappa shape index (κ3) is 4.75. The first-order valence-electron chi connectivity index (χ1n) is 10.7. The molecule has 0 saturated carbocycles. The molecule has 8 nitrogen and oxygen atoms in total. The number of imidazole rings is 2. The number of hydrogen-bond donors (Lipinski definition) is 1. The Morgan fingerprint density at radius 2 is 1.91 bits per heavy atom. The van der Waals surface area contributed by atoms with E-state index >= 15 is 0 Å². The molecule has 1 aromatic carbocycles. The molecule has 3 heterocycles. The molecule has 174 valence electrons. The number of unbranched alkanes of at least 4 members (excludes halogenated alkanes) is 1. The van der Waals surface area contributed by atoms with Crippen LogP contribution in [0.2, 0.25) is 5.28 Å². The molecule has 4 aromatic rings. The van der Waals surface area contributed by atoms with Crippen molar-refractivity contribution in [2.24, 2.45) is 0 Å². The molecule has 0 atom stereocenters. The Kier molecular flexibility index (Phi) is 6.73. The highest BCUT2D eigenvalue weighted by Gasteiger charge is 2.17. The smallest absolute Gasteiger partial charge is 0.332 e. The topological polar surface area (TPSA) is 90.5 Å². The van der Waals surface area contributed by atoms with Gasteiger partial charge in [-0.25, -0.2) is 18.6 Å². The normalized spacial score (nSPS) is 11.5. The van der Waals surface area contributed by atoms with Crippen molar-refractivity contribution in [3.8, 4) is 0 Å². The summed E-state index contributed by atoms with van der Waals surface area (Å²) in [4.78, 5) is 36.9. The zero-order chi connectivity index (χ0) is 23.5. The van der Waals surface area contributed by atoms with E-state index in [0.29, 0.717) is 19.4 Å². The number of fused-ring (bicyclic) bond motifs is 1. The number of nitrogens with one attached hydrogen (secondary N) is 1. The van der Waals surface area contributed by atoms with E-state index in [1.54, 1.807) is 17.1 Å². The first kappa shape index (κ1) is 22.9. The molecule has 33 heavy (non-hydrogen) atoms. The molecule has 0 amide bonds. The molecule has 0 unspecified atom stereocenters. The maximum atomic E-state index is 13.9. The first-order chi connectivity index (χ1) is 15.9. The van der Waals surface area contributed by atoms with Gasteiger partial charge in [0.1, 0.15) is 0 Å². The van der Waals surface area contributed by atoms with Gasteiger partial charge in [-0.05, 0) is 36.9 Å². The van der Waals surface area contributed by atoms with Gasteiger partial charge in [0.25, 0.3) is 5.56 Å². The fraction of sp³-hybridized carbons (Fsp3) is 0.364. The number of benzene rings is 1. The van der Waals surface area contributed by atoms with Crippen molar-refractivity contribution in [2.75, 3.05) is 0 Å². The van der Waals surface area contributed by atoms with E-state index in [2.05, 4.69) is 15.0 Å². The summed E-state index contributed by atoms with van der Waals surface area (Å²) in [5, 5.41) is 0.0600. The van der Waals surface area contributed by atoms with Gasteiger partial charge in [-0.1, -0.05) is 25.5 Å². The second-order valence-electron chi connectivity index (χ2n) is 7.82. The molecule has 3 aromatic heterocycles. The molecule has 0 spiro atoms. The molecule has 0 aliphatic carbocycles. The zero-order valence-corrected chi connectivity index (χ0v) is 18.8. The van der Waals surface area contributed by atoms with Crippen molar-refractivity contribution >= 4 is 22.8 Å². The van der Waals surface area contributed by atoms with Gasteiger partial charge >= 0.3 is 5.69 Å². The van der Waals surface area contributed by atoms with Gasteiger partial charge in [-0.15, -0.1) is 0 Å². The van der Waals surface area contributed by atoms with Crippen LogP contribution in [0.5, 0.6) is 0 Å². The lowest BCUT2D eigenvalue weighted by Crippen LogP contribution is -2.40. The molecule has 0 radical (unpaired) electrons. The quantitative estimate of drug-likeness (QED) is 0.374. The lowest BCUT2D eigenvalue weighted by Gasteiger charge is -2.10. The summed E-state index contributed by atoms with van der Waals surface area (Å²) in [6.45, 7) is 2.79. The molecule has 0 bridgehead atoms. The third-order valence-corrected chi connectivity index (χ3v) is 5.63. The minimum absolute atomic E-state index is 0.0600. The van der Waals surface area contributed by atoms with Crippen LogP contribution in [0.1, 0.15) is 37.4 Å². The predicted octanol–water partition coefficient (Wildman–Crippen LogP) is 3.50. The predicted molar refractivity (Wildman–Crippen MR) is 121 cm³/mol. The molecular weight excluding hydrogens is 454 g/mol. The summed E-state index contributed by atoms with van der Waals surface area (Å²) in [6, 6.07) is 4.05. The van der Waals surface area contributed by atoms with Gasteiger partial charge < -0.3 is 9.55 Å². The van der Waals surface area contributed by atoms with E-state index in [9.17, 15) is 18.4 Å². The maximum Gasteiger partial charge on any atom is 0.332 e. The molecule has 11 heteroatoms. The zero-order valence-electron chi connectivity index (χ0n) is 18.0. The van der Waals surface area contributed by atoms with Crippen LogP contribution >= 0.6 is 11.6 Å². The van der Waals surface area contributed by atoms with Crippen molar-refractivity contribution in [3.05, 3.63) is 79.7 Å². The molecule has 0 saturated heterocycles. The van der Waals surface area contributed by atoms with Crippen molar-refractivity contribution in [3.63, 3.8) is 0 Å². The van der Waals surface area contributed by atoms with Crippen LogP contribution < -0.4 is 11.2 Å². The van der Waals surface area contributed by atoms with E-state index < -0.39 is 22.9 Å². The van der Waals surface area contributed by atoms with E-state index in [4.69, 9.17) is 11.6 Å². The number of nitrogens with zero attached hydrogens (tertiary/aromatic N) is 5. The Hall–Kier alpha value is -3.27. The highest BCUT2D eigenvalue weighted by molar-refractivity contribution is 6.28. The molecular formula is C22H23ClF2N6O2. The van der Waals surface area contributed by atoms with E-state index in [0.717, 1.165) is 24.6 Å². The number of aryl methyl sites for hydroxylation is 2. The molecule has 0 fully saturated rings. The van der Waals surface area contributed by atoms with Gasteiger partial charge in [0, 0.05) is 24.8 Å². The fourth-order valence-electron chi connectivity index (χ4n) is 3.76. The van der Waals surface area contributed by atoms with Crippen LogP contribution in [-0.2, 0) is 26.1 Å². The van der Waals surface area contributed by atoms with Crippen molar-refractivity contribution in [1.29, 1.82) is 0 Å². The number of hydrogen-bond acceptors (Lipinski definition) is 4. The Morgan fingerprint density at radius 1 is 1.12 bits per heavy atom. The maximum absolute atomic E-state index is 13.9. The monoisotopic (exact) mass is 476 g/mol. The Morgan fingerprint density at radius 3 is 2.70 bits per heavy atom. The Bertz CT molecular complexity index is 1400. The summed E-state index contributed by atoms with van der Waals surface area (Å²) in [7, 11) is 0. The number of rotatable bonds is 9. The van der Waals surface area contributed by atoms with Crippen molar-refractivity contribution in [1.82, 2.24) is 28.7 Å². The van der Waals surface area contributed by atoms with Crippen LogP contribution in [0.15, 0.2) is 40.3 Å². The lowest BCUT2D eigenvalue weighted by atomic mass is 10.2. The van der Waals surface area contributed by atoms with Crippen molar-refractivity contribution in [2.45, 2.75) is 52.2 Å². The highest BCUT2D eigenvalue weighted by atomic mass is 35.5. The summed E-state index contributed by atoms with van der Waals surface area (Å²) < 4.78 is 31.6. The average molecular weight is 477 g/mol. The second kappa shape index (κ2) is 9.70. The van der Waals surface area contributed by atoms with Crippen molar-refractivity contribution < 1.29 is 8.78 Å². The van der Waals surface area contributed by atoms with Crippen LogP contribution in [0, 0.1) is 11.6 Å². The van der Waals surface area contributed by atoms with Gasteiger partial charge in [0.2, 0.25) is 5.28 Å².